The number of fused-ring (bicyclic) bond motifs is 1. The molecule has 2 aromatic heterocycles. The summed E-state index contributed by atoms with van der Waals surface area (Å²) < 4.78 is 5.32. The summed E-state index contributed by atoms with van der Waals surface area (Å²) >= 11 is 1.26. The van der Waals surface area contributed by atoms with Gasteiger partial charge in [-0.2, -0.15) is 0 Å². The zero-order chi connectivity index (χ0) is 13.5. The van der Waals surface area contributed by atoms with Gasteiger partial charge in [0, 0.05) is 19.0 Å². The zero-order valence-electron chi connectivity index (χ0n) is 10.5. The maximum absolute atomic E-state index is 12.3. The van der Waals surface area contributed by atoms with Gasteiger partial charge in [-0.3, -0.25) is 4.79 Å². The van der Waals surface area contributed by atoms with E-state index in [0.717, 1.165) is 6.42 Å². The second-order valence-corrected chi connectivity index (χ2v) is 5.87. The van der Waals surface area contributed by atoms with E-state index in [1.165, 1.54) is 11.3 Å². The third-order valence-corrected chi connectivity index (χ3v) is 4.31. The molecule has 100 valence electrons. The van der Waals surface area contributed by atoms with Crippen LogP contribution in [0.5, 0.6) is 0 Å². The smallest absolute Gasteiger partial charge is 0.264 e. The minimum Gasteiger partial charge on any atom is -0.396 e. The van der Waals surface area contributed by atoms with Crippen LogP contribution in [-0.2, 0) is 4.74 Å². The molecule has 0 aromatic carbocycles. The Labute approximate surface area is 114 Å². The van der Waals surface area contributed by atoms with Crippen molar-refractivity contribution < 1.29 is 9.53 Å². The average molecular weight is 278 g/mol. The molecule has 1 amide bonds. The Bertz CT molecular complexity index is 634. The number of thiophene rings is 1. The number of nitrogens with zero attached hydrogens (tertiary/aromatic N) is 2. The fraction of sp³-hybridized carbons (Fsp3) is 0.417. The second-order valence-electron chi connectivity index (χ2n) is 4.87. The molecule has 2 aromatic rings. The van der Waals surface area contributed by atoms with E-state index in [-0.39, 0.29) is 11.4 Å². The summed E-state index contributed by atoms with van der Waals surface area (Å²) in [4.78, 5) is 21.8. The molecule has 0 radical (unpaired) electrons. The summed E-state index contributed by atoms with van der Waals surface area (Å²) in [5.74, 6) is -0.185. The highest BCUT2D eigenvalue weighted by Crippen LogP contribution is 2.31. The van der Waals surface area contributed by atoms with Gasteiger partial charge in [0.15, 0.2) is 0 Å². The largest absolute Gasteiger partial charge is 0.396 e. The average Bonchev–Trinajstić information content (AvgIpc) is 2.95. The first-order valence-electron chi connectivity index (χ1n) is 5.98. The molecule has 6 nitrogen and oxygen atoms in total. The molecule has 1 aliphatic rings. The predicted molar refractivity (Wildman–Crippen MR) is 73.1 cm³/mol. The van der Waals surface area contributed by atoms with Crippen molar-refractivity contribution in [3.8, 4) is 0 Å². The molecule has 3 N–H and O–H groups in total. The molecule has 1 unspecified atom stereocenters. The van der Waals surface area contributed by atoms with Gasteiger partial charge in [0.05, 0.1) is 17.8 Å². The number of hydrogen-bond acceptors (Lipinski definition) is 6. The molecular weight excluding hydrogens is 264 g/mol. The van der Waals surface area contributed by atoms with Gasteiger partial charge in [-0.1, -0.05) is 0 Å². The summed E-state index contributed by atoms with van der Waals surface area (Å²) in [6.07, 6.45) is 3.96. The first kappa shape index (κ1) is 12.3. The van der Waals surface area contributed by atoms with E-state index in [2.05, 4.69) is 15.3 Å². The number of rotatable bonds is 2. The molecule has 1 atom stereocenters. The van der Waals surface area contributed by atoms with Crippen LogP contribution in [-0.4, -0.2) is 34.6 Å². The van der Waals surface area contributed by atoms with Crippen LogP contribution in [0.1, 0.15) is 23.0 Å². The lowest BCUT2D eigenvalue weighted by molar-refractivity contribution is 0.0895. The molecule has 19 heavy (non-hydrogen) atoms. The van der Waals surface area contributed by atoms with Crippen molar-refractivity contribution in [2.45, 2.75) is 18.9 Å². The maximum atomic E-state index is 12.3. The van der Waals surface area contributed by atoms with E-state index in [4.69, 9.17) is 10.5 Å². The fourth-order valence-electron chi connectivity index (χ4n) is 2.11. The molecule has 0 aliphatic carbocycles. The highest BCUT2D eigenvalue weighted by Gasteiger charge is 2.32. The number of ether oxygens (including phenoxy) is 1. The van der Waals surface area contributed by atoms with Gasteiger partial charge in [0.25, 0.3) is 5.91 Å². The topological polar surface area (TPSA) is 90.1 Å². The summed E-state index contributed by atoms with van der Waals surface area (Å²) in [5.41, 5.74) is 6.64. The normalized spacial score (nSPS) is 22.8. The van der Waals surface area contributed by atoms with Crippen LogP contribution in [0.2, 0.25) is 0 Å². The SMILES string of the molecule is CC1(NC(=O)c2sc3nccnc3c2N)CCOC1. The maximum Gasteiger partial charge on any atom is 0.264 e. The van der Waals surface area contributed by atoms with Crippen LogP contribution in [0.25, 0.3) is 10.3 Å². The van der Waals surface area contributed by atoms with Gasteiger partial charge in [-0.05, 0) is 13.3 Å². The van der Waals surface area contributed by atoms with E-state index < -0.39 is 0 Å². The highest BCUT2D eigenvalue weighted by atomic mass is 32.1. The summed E-state index contributed by atoms with van der Waals surface area (Å²) in [6.45, 7) is 3.17. The van der Waals surface area contributed by atoms with Crippen molar-refractivity contribution in [1.82, 2.24) is 15.3 Å². The monoisotopic (exact) mass is 278 g/mol. The van der Waals surface area contributed by atoms with Gasteiger partial charge in [0.2, 0.25) is 0 Å². The minimum atomic E-state index is -0.319. The molecule has 0 bridgehead atoms. The number of carbonyl (C=O) groups is 1. The van der Waals surface area contributed by atoms with E-state index in [1.54, 1.807) is 12.4 Å². The van der Waals surface area contributed by atoms with E-state index in [1.807, 2.05) is 6.92 Å². The van der Waals surface area contributed by atoms with Gasteiger partial charge in [0.1, 0.15) is 15.2 Å². The first-order valence-corrected chi connectivity index (χ1v) is 6.80. The van der Waals surface area contributed by atoms with Gasteiger partial charge in [-0.15, -0.1) is 11.3 Å². The van der Waals surface area contributed by atoms with Crippen LogP contribution in [0, 0.1) is 0 Å². The van der Waals surface area contributed by atoms with Crippen molar-refractivity contribution in [3.05, 3.63) is 17.3 Å². The lowest BCUT2D eigenvalue weighted by atomic mass is 10.0. The standard InChI is InChI=1S/C12H14N4O2S/c1-12(2-5-18-6-12)16-10(17)9-7(13)8-11(19-9)15-4-3-14-8/h3-4H,2,5-6,13H2,1H3,(H,16,17). The number of hydrogen-bond donors (Lipinski definition) is 2. The van der Waals surface area contributed by atoms with Crippen molar-refractivity contribution in [2.24, 2.45) is 0 Å². The fourth-order valence-corrected chi connectivity index (χ4v) is 3.03. The number of nitrogens with two attached hydrogens (primary N) is 1. The van der Waals surface area contributed by atoms with Crippen LogP contribution in [0.3, 0.4) is 0 Å². The van der Waals surface area contributed by atoms with Gasteiger partial charge < -0.3 is 15.8 Å². The van der Waals surface area contributed by atoms with Gasteiger partial charge in [-0.25, -0.2) is 9.97 Å². The molecule has 3 rings (SSSR count). The number of anilines is 1. The molecule has 0 saturated carbocycles. The van der Waals surface area contributed by atoms with Gasteiger partial charge >= 0.3 is 0 Å². The number of nitrogen functional groups attached to an aromatic ring is 1. The second kappa shape index (κ2) is 4.43. The lowest BCUT2D eigenvalue weighted by Gasteiger charge is -2.23. The molecular formula is C12H14N4O2S. The Morgan fingerprint density at radius 2 is 2.32 bits per heavy atom. The van der Waals surface area contributed by atoms with Crippen molar-refractivity contribution in [3.63, 3.8) is 0 Å². The van der Waals surface area contributed by atoms with Crippen molar-refractivity contribution in [2.75, 3.05) is 18.9 Å². The molecule has 0 spiro atoms. The lowest BCUT2D eigenvalue weighted by Crippen LogP contribution is -2.46. The Kier molecular flexibility index (Phi) is 2.87. The Morgan fingerprint density at radius 3 is 3.00 bits per heavy atom. The highest BCUT2D eigenvalue weighted by molar-refractivity contribution is 7.21. The molecule has 1 fully saturated rings. The van der Waals surface area contributed by atoms with Crippen LogP contribution < -0.4 is 11.1 Å². The van der Waals surface area contributed by atoms with Crippen molar-refractivity contribution >= 4 is 33.3 Å². The van der Waals surface area contributed by atoms with Crippen LogP contribution >= 0.6 is 11.3 Å². The molecule has 7 heteroatoms. The minimum absolute atomic E-state index is 0.185. The summed E-state index contributed by atoms with van der Waals surface area (Å²) in [6, 6.07) is 0. The van der Waals surface area contributed by atoms with E-state index >= 15 is 0 Å². The Hall–Kier alpha value is -1.73. The van der Waals surface area contributed by atoms with Crippen molar-refractivity contribution in [1.29, 1.82) is 0 Å². The number of carbonyl (C=O) groups excluding carboxylic acids is 1. The number of aromatic nitrogens is 2. The number of nitrogens with one attached hydrogen (secondary N) is 1. The molecule has 3 heterocycles. The molecule has 1 aliphatic heterocycles. The summed E-state index contributed by atoms with van der Waals surface area (Å²) in [5, 5.41) is 2.98. The Morgan fingerprint density at radius 1 is 1.53 bits per heavy atom. The zero-order valence-corrected chi connectivity index (χ0v) is 11.3. The van der Waals surface area contributed by atoms with Crippen LogP contribution in [0.15, 0.2) is 12.4 Å². The third-order valence-electron chi connectivity index (χ3n) is 3.20. The Balaban J connectivity index is 1.91. The molecule has 1 saturated heterocycles. The van der Waals surface area contributed by atoms with Crippen LogP contribution in [0.4, 0.5) is 5.69 Å². The third kappa shape index (κ3) is 2.15. The quantitative estimate of drug-likeness (QED) is 0.861. The van der Waals surface area contributed by atoms with E-state index in [0.29, 0.717) is 34.1 Å². The number of amides is 1. The predicted octanol–water partition coefficient (Wildman–Crippen LogP) is 1.18. The first-order chi connectivity index (χ1) is 9.09. The van der Waals surface area contributed by atoms with E-state index in [9.17, 15) is 4.79 Å². The summed E-state index contributed by atoms with van der Waals surface area (Å²) in [7, 11) is 0.